The van der Waals surface area contributed by atoms with Crippen LogP contribution in [0.25, 0.3) is 0 Å². The van der Waals surface area contributed by atoms with Crippen LogP contribution < -0.4 is 10.9 Å². The van der Waals surface area contributed by atoms with Crippen molar-refractivity contribution in [3.8, 4) is 5.75 Å². The standard InChI is InChI=1S/C21H23F2N3O5/c1-12(2)31-8-7-25-11-24-26-10-15(19(28)20(29)18(26)21(25)30)17(27)6-4-13-3-5-14(22)9-16(13)23/h3,5,9-10,12,24,29H,4,6-8,11H2,1-2H3. The maximum Gasteiger partial charge on any atom is 0.277 e. The second kappa shape index (κ2) is 9.25. The van der Waals surface area contributed by atoms with Crippen LogP contribution in [0, 0.1) is 11.6 Å². The van der Waals surface area contributed by atoms with Crippen molar-refractivity contribution in [1.29, 1.82) is 0 Å². The number of nitrogens with one attached hydrogen (secondary N) is 1. The molecule has 0 spiro atoms. The summed E-state index contributed by atoms with van der Waals surface area (Å²) in [6.45, 7) is 4.35. The van der Waals surface area contributed by atoms with Gasteiger partial charge in [-0.25, -0.2) is 8.78 Å². The summed E-state index contributed by atoms with van der Waals surface area (Å²) in [6, 6.07) is 3.02. The van der Waals surface area contributed by atoms with Gasteiger partial charge in [0.15, 0.2) is 17.2 Å². The predicted octanol–water partition coefficient (Wildman–Crippen LogP) is 2.03. The first-order valence-electron chi connectivity index (χ1n) is 9.79. The second-order valence-electron chi connectivity index (χ2n) is 7.40. The molecule has 0 bridgehead atoms. The molecule has 0 radical (unpaired) electrons. The number of aromatic hydroxyl groups is 1. The summed E-state index contributed by atoms with van der Waals surface area (Å²) < 4.78 is 33.3. The third-order valence-electron chi connectivity index (χ3n) is 4.85. The molecular formula is C21H23F2N3O5. The van der Waals surface area contributed by atoms with E-state index in [4.69, 9.17) is 4.74 Å². The van der Waals surface area contributed by atoms with E-state index in [2.05, 4.69) is 5.43 Å². The number of aryl methyl sites for hydroxylation is 1. The molecular weight excluding hydrogens is 412 g/mol. The first kappa shape index (κ1) is 22.4. The van der Waals surface area contributed by atoms with Gasteiger partial charge in [-0.3, -0.25) is 19.1 Å². The largest absolute Gasteiger partial charge is 0.502 e. The number of benzene rings is 1. The van der Waals surface area contributed by atoms with Crippen LogP contribution in [0.1, 0.15) is 46.7 Å². The van der Waals surface area contributed by atoms with Crippen molar-refractivity contribution in [2.45, 2.75) is 32.8 Å². The van der Waals surface area contributed by atoms with Crippen LogP contribution in [0.2, 0.25) is 0 Å². The van der Waals surface area contributed by atoms with E-state index < -0.39 is 34.5 Å². The van der Waals surface area contributed by atoms with Crippen molar-refractivity contribution in [1.82, 2.24) is 9.58 Å². The molecule has 8 nitrogen and oxygen atoms in total. The number of ketones is 1. The smallest absolute Gasteiger partial charge is 0.277 e. The zero-order valence-corrected chi connectivity index (χ0v) is 17.2. The highest BCUT2D eigenvalue weighted by molar-refractivity contribution is 6.00. The molecule has 2 aromatic rings. The minimum atomic E-state index is -0.980. The molecule has 0 atom stereocenters. The van der Waals surface area contributed by atoms with Gasteiger partial charge < -0.3 is 20.2 Å². The van der Waals surface area contributed by atoms with E-state index >= 15 is 0 Å². The van der Waals surface area contributed by atoms with E-state index in [1.54, 1.807) is 0 Å². The highest BCUT2D eigenvalue weighted by Crippen LogP contribution is 2.20. The van der Waals surface area contributed by atoms with Gasteiger partial charge in [0, 0.05) is 25.2 Å². The number of carbonyl (C=O) groups excluding carboxylic acids is 2. The van der Waals surface area contributed by atoms with E-state index in [0.717, 1.165) is 16.9 Å². The Hall–Kier alpha value is -3.27. The molecule has 1 amide bonds. The van der Waals surface area contributed by atoms with Gasteiger partial charge in [0.25, 0.3) is 5.91 Å². The van der Waals surface area contributed by atoms with Crippen molar-refractivity contribution in [3.63, 3.8) is 0 Å². The molecule has 166 valence electrons. The summed E-state index contributed by atoms with van der Waals surface area (Å²) in [5.41, 5.74) is 1.39. The molecule has 1 aromatic heterocycles. The van der Waals surface area contributed by atoms with E-state index in [1.165, 1.54) is 11.0 Å². The second-order valence-corrected chi connectivity index (χ2v) is 7.40. The molecule has 2 N–H and O–H groups in total. The Morgan fingerprint density at radius 2 is 2.03 bits per heavy atom. The zero-order chi connectivity index (χ0) is 22.7. The van der Waals surface area contributed by atoms with Gasteiger partial charge in [0.1, 0.15) is 18.3 Å². The minimum absolute atomic E-state index is 0.00637. The summed E-state index contributed by atoms with van der Waals surface area (Å²) in [6.07, 6.45) is 0.861. The van der Waals surface area contributed by atoms with Gasteiger partial charge >= 0.3 is 0 Å². The lowest BCUT2D eigenvalue weighted by Crippen LogP contribution is -2.48. The van der Waals surface area contributed by atoms with E-state index in [1.807, 2.05) is 13.8 Å². The van der Waals surface area contributed by atoms with Crippen molar-refractivity contribution in [3.05, 3.63) is 63.1 Å². The lowest BCUT2D eigenvalue weighted by atomic mass is 10.0. The van der Waals surface area contributed by atoms with Crippen molar-refractivity contribution in [2.24, 2.45) is 0 Å². The van der Waals surface area contributed by atoms with Crippen molar-refractivity contribution < 1.29 is 28.2 Å². The summed E-state index contributed by atoms with van der Waals surface area (Å²) in [5.74, 6) is -3.57. The lowest BCUT2D eigenvalue weighted by Gasteiger charge is -2.31. The third kappa shape index (κ3) is 4.91. The Kier molecular flexibility index (Phi) is 6.69. The van der Waals surface area contributed by atoms with Crippen molar-refractivity contribution in [2.75, 3.05) is 25.2 Å². The molecule has 31 heavy (non-hydrogen) atoms. The summed E-state index contributed by atoms with van der Waals surface area (Å²) in [5, 5.41) is 10.3. The Bertz CT molecular complexity index is 1070. The Morgan fingerprint density at radius 1 is 1.29 bits per heavy atom. The van der Waals surface area contributed by atoms with Crippen LogP contribution in [0.15, 0.2) is 29.2 Å². The van der Waals surface area contributed by atoms with Gasteiger partial charge in [-0.15, -0.1) is 0 Å². The number of amides is 1. The monoisotopic (exact) mass is 435 g/mol. The number of nitrogens with zero attached hydrogens (tertiary/aromatic N) is 2. The molecule has 0 saturated heterocycles. The number of hydrogen-bond acceptors (Lipinski definition) is 6. The van der Waals surface area contributed by atoms with Crippen molar-refractivity contribution >= 4 is 11.7 Å². The molecule has 1 aliphatic heterocycles. The average Bonchev–Trinajstić information content (AvgIpc) is 2.71. The fourth-order valence-corrected chi connectivity index (χ4v) is 3.20. The number of Topliss-reactive ketones (excluding diaryl/α,β-unsaturated/α-hetero) is 1. The number of aromatic nitrogens is 1. The molecule has 10 heteroatoms. The molecule has 1 aromatic carbocycles. The fraction of sp³-hybridized carbons (Fsp3) is 0.381. The number of ether oxygens (including phenoxy) is 1. The van der Waals surface area contributed by atoms with Crippen LogP contribution >= 0.6 is 0 Å². The maximum absolute atomic E-state index is 13.8. The number of fused-ring (bicyclic) bond motifs is 1. The first-order valence-corrected chi connectivity index (χ1v) is 9.79. The Morgan fingerprint density at radius 3 is 2.71 bits per heavy atom. The number of pyridine rings is 1. The normalized spacial score (nSPS) is 13.3. The number of halogens is 2. The number of hydrogen-bond donors (Lipinski definition) is 2. The molecule has 2 heterocycles. The van der Waals surface area contributed by atoms with E-state index in [0.29, 0.717) is 6.07 Å². The van der Waals surface area contributed by atoms with E-state index in [-0.39, 0.29) is 55.6 Å². The third-order valence-corrected chi connectivity index (χ3v) is 4.85. The first-order chi connectivity index (χ1) is 14.7. The van der Waals surface area contributed by atoms with Crippen LogP contribution in [-0.2, 0) is 11.2 Å². The lowest BCUT2D eigenvalue weighted by molar-refractivity contribution is 0.0462. The summed E-state index contributed by atoms with van der Waals surface area (Å²) in [4.78, 5) is 39.1. The van der Waals surface area contributed by atoms with Gasteiger partial charge in [-0.05, 0) is 31.9 Å². The SMILES string of the molecule is CC(C)OCCN1CNn2cc(C(=O)CCc3ccc(F)cc3F)c(=O)c(O)c2C1=O. The van der Waals surface area contributed by atoms with Gasteiger partial charge in [-0.1, -0.05) is 6.07 Å². The van der Waals surface area contributed by atoms with Crippen LogP contribution in [0.4, 0.5) is 8.78 Å². The minimum Gasteiger partial charge on any atom is -0.502 e. The van der Waals surface area contributed by atoms with E-state index in [9.17, 15) is 28.3 Å². The Labute approximate surface area is 177 Å². The number of carbonyl (C=O) groups is 2. The maximum atomic E-state index is 13.8. The molecule has 1 aliphatic rings. The molecule has 0 aliphatic carbocycles. The molecule has 3 rings (SSSR count). The van der Waals surface area contributed by atoms with Crippen LogP contribution in [-0.4, -0.2) is 52.3 Å². The summed E-state index contributed by atoms with van der Waals surface area (Å²) >= 11 is 0. The quantitative estimate of drug-likeness (QED) is 0.616. The fourth-order valence-electron chi connectivity index (χ4n) is 3.20. The summed E-state index contributed by atoms with van der Waals surface area (Å²) in [7, 11) is 0. The Balaban J connectivity index is 1.77. The highest BCUT2D eigenvalue weighted by Gasteiger charge is 2.30. The molecule has 0 fully saturated rings. The molecule has 0 unspecified atom stereocenters. The zero-order valence-electron chi connectivity index (χ0n) is 17.2. The average molecular weight is 435 g/mol. The van der Waals surface area contributed by atoms with Gasteiger partial charge in [0.2, 0.25) is 5.43 Å². The van der Waals surface area contributed by atoms with Gasteiger partial charge in [0.05, 0.1) is 18.3 Å². The van der Waals surface area contributed by atoms with Gasteiger partial charge in [-0.2, -0.15) is 0 Å². The highest BCUT2D eigenvalue weighted by atomic mass is 19.1. The van der Waals surface area contributed by atoms with Crippen LogP contribution in [0.5, 0.6) is 5.75 Å². The molecule has 0 saturated carbocycles. The topological polar surface area (TPSA) is 101 Å². The predicted molar refractivity (Wildman–Crippen MR) is 108 cm³/mol. The van der Waals surface area contributed by atoms with Crippen LogP contribution in [0.3, 0.4) is 0 Å². The number of rotatable bonds is 8.